The Morgan fingerprint density at radius 3 is 2.43 bits per heavy atom. The summed E-state index contributed by atoms with van der Waals surface area (Å²) < 4.78 is 42.2. The monoisotopic (exact) mass is 756 g/mol. The van der Waals surface area contributed by atoms with E-state index < -0.39 is 34.9 Å². The Morgan fingerprint density at radius 1 is 0.963 bits per heavy atom. The van der Waals surface area contributed by atoms with Crippen LogP contribution in [-0.4, -0.2) is 100 Å². The van der Waals surface area contributed by atoms with E-state index in [9.17, 15) is 15.2 Å². The van der Waals surface area contributed by atoms with Gasteiger partial charge in [-0.1, -0.05) is 6.07 Å². The third-order valence-electron chi connectivity index (χ3n) is 12.6. The predicted octanol–water partition coefficient (Wildman–Crippen LogP) is 4.37. The van der Waals surface area contributed by atoms with E-state index in [0.29, 0.717) is 70.6 Å². The molecule has 284 valence electrons. The average molecular weight is 757 g/mol. The van der Waals surface area contributed by atoms with E-state index in [1.807, 2.05) is 26.0 Å². The molecule has 54 heavy (non-hydrogen) atoms. The summed E-state index contributed by atoms with van der Waals surface area (Å²) in [5.41, 5.74) is 5.53. The van der Waals surface area contributed by atoms with E-state index in [0.717, 1.165) is 27.8 Å². The maximum Gasteiger partial charge on any atom is 0.331 e. The fourth-order valence-electron chi connectivity index (χ4n) is 10.2. The predicted molar refractivity (Wildman–Crippen MR) is 198 cm³/mol. The minimum absolute atomic E-state index is 0.00565. The van der Waals surface area contributed by atoms with Gasteiger partial charge in [0.15, 0.2) is 40.0 Å². The number of benzene rings is 3. The number of nitriles is 1. The van der Waals surface area contributed by atoms with Crippen LogP contribution >= 0.6 is 11.8 Å². The number of thioether (sulfide) groups is 1. The van der Waals surface area contributed by atoms with Gasteiger partial charge in [-0.2, -0.15) is 5.26 Å². The van der Waals surface area contributed by atoms with E-state index in [2.05, 4.69) is 34.3 Å². The first-order chi connectivity index (χ1) is 26.1. The lowest BCUT2D eigenvalue weighted by atomic mass is 9.71. The van der Waals surface area contributed by atoms with Crippen molar-refractivity contribution in [3.05, 3.63) is 62.7 Å². The zero-order valence-electron chi connectivity index (χ0n) is 31.4. The normalized spacial score (nSPS) is 29.3. The number of ether oxygens (including phenoxy) is 7. The summed E-state index contributed by atoms with van der Waals surface area (Å²) in [4.78, 5) is 19.3. The highest BCUT2D eigenvalue weighted by Gasteiger charge is 2.61. The molecular formula is C40H44N4O9S. The molecule has 1 unspecified atom stereocenters. The number of hydrogen-bond acceptors (Lipinski definition) is 14. The van der Waals surface area contributed by atoms with Crippen molar-refractivity contribution in [1.82, 2.24) is 15.1 Å². The van der Waals surface area contributed by atoms with Crippen molar-refractivity contribution in [3.63, 3.8) is 0 Å². The Bertz CT molecular complexity index is 2140. The molecule has 0 aliphatic carbocycles. The fraction of sp³-hybridized carbons (Fsp3) is 0.500. The van der Waals surface area contributed by atoms with Gasteiger partial charge in [0.25, 0.3) is 0 Å². The first-order valence-corrected chi connectivity index (χ1v) is 19.3. The van der Waals surface area contributed by atoms with Crippen LogP contribution in [0.5, 0.6) is 40.2 Å². The van der Waals surface area contributed by atoms with Gasteiger partial charge in [-0.15, -0.1) is 11.8 Å². The summed E-state index contributed by atoms with van der Waals surface area (Å²) >= 11 is 1.57. The van der Waals surface area contributed by atoms with Gasteiger partial charge in [0.1, 0.15) is 18.4 Å². The van der Waals surface area contributed by atoms with Crippen molar-refractivity contribution in [2.75, 3.05) is 61.2 Å². The molecule has 7 atom stereocenters. The van der Waals surface area contributed by atoms with E-state index in [1.54, 1.807) is 40.2 Å². The highest BCUT2D eigenvalue weighted by atomic mass is 32.2. The standard InChI is InChI=1S/C40H44N4O9S/c1-18-10-21-11-23-24(14-41)44-25-15-51-39(46)40(22-13-27(48-5)26(47-4)12-20(22)8-9-42-40)16-54-38(30-29(25)37-35(52-17-53-37)19(2)33(30)45)32(44)31(43(23)3)28(21)36(50-7)34(18)49-6/h10,12-13,23-25,31-32,38,42,45H,8-9,11,15-17H2,1-7H3/t23-,24-,25-,31-,32?,38+,40+/m0/s1. The number of piperazine rings is 1. The minimum Gasteiger partial charge on any atom is -0.507 e. The number of hydrogen-bond donors (Lipinski definition) is 2. The number of carbonyl (C=O) groups is 1. The number of nitrogens with one attached hydrogen (secondary N) is 1. The van der Waals surface area contributed by atoms with Gasteiger partial charge in [-0.3, -0.25) is 15.1 Å². The molecule has 3 aromatic rings. The van der Waals surface area contributed by atoms with Gasteiger partial charge in [0, 0.05) is 46.6 Å². The van der Waals surface area contributed by atoms with Crippen LogP contribution in [0.3, 0.4) is 0 Å². The summed E-state index contributed by atoms with van der Waals surface area (Å²) in [7, 11) is 8.58. The Hall–Kier alpha value is -4.55. The van der Waals surface area contributed by atoms with E-state index >= 15 is 0 Å². The maximum absolute atomic E-state index is 14.8. The molecule has 7 aliphatic rings. The summed E-state index contributed by atoms with van der Waals surface area (Å²) in [5, 5.41) is 26.6. The van der Waals surface area contributed by atoms with Gasteiger partial charge in [0.2, 0.25) is 6.79 Å². The number of phenols is 1. The first kappa shape index (κ1) is 35.2. The van der Waals surface area contributed by atoms with Crippen LogP contribution in [0.2, 0.25) is 0 Å². The zero-order valence-corrected chi connectivity index (χ0v) is 32.2. The summed E-state index contributed by atoms with van der Waals surface area (Å²) in [6, 6.07) is 6.54. The lowest BCUT2D eigenvalue weighted by Gasteiger charge is -2.62. The van der Waals surface area contributed by atoms with Crippen LogP contribution in [0.15, 0.2) is 18.2 Å². The molecule has 10 rings (SSSR count). The molecule has 2 fully saturated rings. The lowest BCUT2D eigenvalue weighted by Crippen LogP contribution is -2.69. The zero-order chi connectivity index (χ0) is 37.8. The Balaban J connectivity index is 1.31. The van der Waals surface area contributed by atoms with Gasteiger partial charge < -0.3 is 38.3 Å². The van der Waals surface area contributed by atoms with E-state index in [1.165, 1.54) is 0 Å². The quantitative estimate of drug-likeness (QED) is 0.364. The average Bonchev–Trinajstić information content (AvgIpc) is 3.67. The molecule has 0 aromatic heterocycles. The van der Waals surface area contributed by atoms with Crippen LogP contribution in [0, 0.1) is 25.2 Å². The van der Waals surface area contributed by atoms with Crippen LogP contribution in [0.4, 0.5) is 0 Å². The molecule has 0 radical (unpaired) electrons. The minimum atomic E-state index is -1.25. The molecule has 2 saturated heterocycles. The van der Waals surface area contributed by atoms with Crippen LogP contribution in [0.1, 0.15) is 61.8 Å². The third-order valence-corrected chi connectivity index (χ3v) is 14.1. The Kier molecular flexibility index (Phi) is 8.31. The van der Waals surface area contributed by atoms with Gasteiger partial charge in [0.05, 0.1) is 51.8 Å². The fourth-order valence-corrected chi connectivity index (χ4v) is 11.9. The van der Waals surface area contributed by atoms with Gasteiger partial charge >= 0.3 is 5.97 Å². The Morgan fingerprint density at radius 2 is 1.70 bits per heavy atom. The molecule has 0 saturated carbocycles. The molecule has 7 heterocycles. The molecule has 3 aromatic carbocycles. The second kappa shape index (κ2) is 12.8. The molecule has 13 nitrogen and oxygen atoms in total. The Labute approximate surface area is 318 Å². The van der Waals surface area contributed by atoms with E-state index in [4.69, 9.17) is 33.2 Å². The van der Waals surface area contributed by atoms with Crippen LogP contribution < -0.4 is 33.7 Å². The first-order valence-electron chi connectivity index (χ1n) is 18.2. The number of aryl methyl sites for hydroxylation is 1. The number of nitrogens with zero attached hydrogens (tertiary/aromatic N) is 3. The smallest absolute Gasteiger partial charge is 0.331 e. The van der Waals surface area contributed by atoms with Gasteiger partial charge in [-0.05, 0) is 68.1 Å². The number of aromatic hydroxyl groups is 1. The number of esters is 1. The molecule has 14 heteroatoms. The molecule has 0 amide bonds. The highest BCUT2D eigenvalue weighted by Crippen LogP contribution is 2.64. The largest absolute Gasteiger partial charge is 0.507 e. The molecule has 2 N–H and O–H groups in total. The summed E-state index contributed by atoms with van der Waals surface area (Å²) in [5.74, 6) is 3.36. The lowest BCUT2D eigenvalue weighted by molar-refractivity contribution is -0.157. The summed E-state index contributed by atoms with van der Waals surface area (Å²) in [6.45, 7) is 4.29. The second-order valence-electron chi connectivity index (χ2n) is 14.9. The van der Waals surface area contributed by atoms with Crippen LogP contribution in [-0.2, 0) is 27.9 Å². The number of likely N-dealkylation sites (N-methyl/N-ethyl adjacent to an activating group) is 1. The SMILES string of the molecule is COc1cc2c(cc1OC)[C@@]1(CS[C@@H]3c4c(O)c(C)c5c(c4[C@H](COC1=O)N1C3[C@@H]3c4c(cc(C)c(OC)c4OC)C[C@@H]([C@@H]1C#N)N3C)OCO5)NCC2. The van der Waals surface area contributed by atoms with Crippen molar-refractivity contribution < 1.29 is 43.1 Å². The van der Waals surface area contributed by atoms with Gasteiger partial charge in [-0.25, -0.2) is 4.79 Å². The number of carbonyl (C=O) groups excluding carboxylic acids is 1. The van der Waals surface area contributed by atoms with Crippen molar-refractivity contribution in [3.8, 4) is 46.3 Å². The van der Waals surface area contributed by atoms with Crippen molar-refractivity contribution >= 4 is 17.7 Å². The topological polar surface area (TPSA) is 144 Å². The third kappa shape index (κ3) is 4.58. The van der Waals surface area contributed by atoms with Crippen molar-refractivity contribution in [2.45, 2.75) is 67.7 Å². The van der Waals surface area contributed by atoms with Crippen molar-refractivity contribution in [2.24, 2.45) is 0 Å². The number of rotatable bonds is 4. The number of fused-ring (bicyclic) bond motifs is 9. The molecular weight excluding hydrogens is 713 g/mol. The summed E-state index contributed by atoms with van der Waals surface area (Å²) in [6.07, 6.45) is 1.29. The second-order valence-corrected chi connectivity index (χ2v) is 16.0. The highest BCUT2D eigenvalue weighted by molar-refractivity contribution is 7.99. The maximum atomic E-state index is 14.8. The molecule has 7 aliphatic heterocycles. The number of methoxy groups -OCH3 is 4. The van der Waals surface area contributed by atoms with Crippen LogP contribution in [0.25, 0.3) is 0 Å². The molecule has 4 bridgehead atoms. The number of phenolic OH excluding ortho intramolecular Hbond substituents is 1. The van der Waals surface area contributed by atoms with Crippen molar-refractivity contribution in [1.29, 1.82) is 5.26 Å². The molecule has 1 spiro atoms. The van der Waals surface area contributed by atoms with E-state index in [-0.39, 0.29) is 37.0 Å².